The first kappa shape index (κ1) is 36.7. The molecule has 5 N–H and O–H groups in total. The van der Waals surface area contributed by atoms with Crippen LogP contribution in [0.3, 0.4) is 0 Å². The standard InChI is InChI=1S/C34H59N5O4/c1-9-23(4)30(33(43)36-21-26-17-13-14-18-35-26)38-32(42)27(22(2)3)20-29(40)28(19-25-15-11-10-12-16-25)37-31(41)24(5)39-34(6,7)8/h13-14,17-18,22-25,27-30,39-40H,9-12,15-16,19-21H2,1-8H3,(H,36,43)(H,37,41)(H,38,42)/t23-,24-,27-,28-,29-,30-/m0/s1. The van der Waals surface area contributed by atoms with Crippen LogP contribution >= 0.6 is 0 Å². The van der Waals surface area contributed by atoms with Gasteiger partial charge in [-0.2, -0.15) is 0 Å². The van der Waals surface area contributed by atoms with Crippen molar-refractivity contribution < 1.29 is 19.5 Å². The van der Waals surface area contributed by atoms with E-state index in [2.05, 4.69) is 26.3 Å². The molecule has 0 aliphatic heterocycles. The first-order chi connectivity index (χ1) is 20.2. The van der Waals surface area contributed by atoms with E-state index in [1.165, 1.54) is 19.3 Å². The highest BCUT2D eigenvalue weighted by Gasteiger charge is 2.35. The molecule has 9 nitrogen and oxygen atoms in total. The van der Waals surface area contributed by atoms with Crippen molar-refractivity contribution in [1.29, 1.82) is 0 Å². The number of pyridine rings is 1. The molecule has 2 rings (SSSR count). The molecule has 0 radical (unpaired) electrons. The lowest BCUT2D eigenvalue weighted by Crippen LogP contribution is -2.55. The van der Waals surface area contributed by atoms with Gasteiger partial charge in [0.05, 0.1) is 30.4 Å². The van der Waals surface area contributed by atoms with Crippen LogP contribution in [0.15, 0.2) is 24.4 Å². The summed E-state index contributed by atoms with van der Waals surface area (Å²) in [7, 11) is 0. The van der Waals surface area contributed by atoms with E-state index in [4.69, 9.17) is 0 Å². The summed E-state index contributed by atoms with van der Waals surface area (Å²) in [5.74, 6) is -0.903. The maximum Gasteiger partial charge on any atom is 0.243 e. The van der Waals surface area contributed by atoms with E-state index in [0.717, 1.165) is 18.5 Å². The molecule has 1 aliphatic rings. The van der Waals surface area contributed by atoms with Gasteiger partial charge in [0.1, 0.15) is 6.04 Å². The van der Waals surface area contributed by atoms with Crippen molar-refractivity contribution in [3.63, 3.8) is 0 Å². The fourth-order valence-corrected chi connectivity index (χ4v) is 5.98. The van der Waals surface area contributed by atoms with E-state index in [-0.39, 0.29) is 48.1 Å². The Morgan fingerprint density at radius 3 is 2.21 bits per heavy atom. The minimum atomic E-state index is -0.897. The first-order valence-corrected chi connectivity index (χ1v) is 16.5. The van der Waals surface area contributed by atoms with Crippen LogP contribution in [0, 0.1) is 23.7 Å². The summed E-state index contributed by atoms with van der Waals surface area (Å²) in [6, 6.07) is 3.94. The van der Waals surface area contributed by atoms with E-state index in [1.54, 1.807) is 6.20 Å². The Morgan fingerprint density at radius 1 is 0.977 bits per heavy atom. The highest BCUT2D eigenvalue weighted by Crippen LogP contribution is 2.30. The lowest BCUT2D eigenvalue weighted by Gasteiger charge is -2.34. The summed E-state index contributed by atoms with van der Waals surface area (Å²) in [6.45, 7) is 16.0. The third-order valence-electron chi connectivity index (χ3n) is 8.75. The predicted octanol–water partition coefficient (Wildman–Crippen LogP) is 4.48. The molecule has 1 aliphatic carbocycles. The van der Waals surface area contributed by atoms with Gasteiger partial charge in [-0.05, 0) is 70.4 Å². The van der Waals surface area contributed by atoms with Crippen molar-refractivity contribution in [3.05, 3.63) is 30.1 Å². The van der Waals surface area contributed by atoms with Crippen LogP contribution in [0.25, 0.3) is 0 Å². The van der Waals surface area contributed by atoms with Gasteiger partial charge in [0.25, 0.3) is 0 Å². The van der Waals surface area contributed by atoms with E-state index < -0.39 is 30.1 Å². The molecule has 0 bridgehead atoms. The van der Waals surface area contributed by atoms with E-state index in [9.17, 15) is 19.5 Å². The van der Waals surface area contributed by atoms with Crippen LogP contribution < -0.4 is 21.3 Å². The van der Waals surface area contributed by atoms with Crippen molar-refractivity contribution in [2.24, 2.45) is 23.7 Å². The molecule has 0 saturated heterocycles. The minimum Gasteiger partial charge on any atom is -0.391 e. The molecule has 0 aromatic carbocycles. The van der Waals surface area contributed by atoms with E-state index in [0.29, 0.717) is 18.8 Å². The minimum absolute atomic E-state index is 0.0728. The molecule has 244 valence electrons. The van der Waals surface area contributed by atoms with Crippen molar-refractivity contribution in [2.75, 3.05) is 0 Å². The highest BCUT2D eigenvalue weighted by atomic mass is 16.3. The van der Waals surface area contributed by atoms with Crippen molar-refractivity contribution in [1.82, 2.24) is 26.3 Å². The average molecular weight is 602 g/mol. The number of aliphatic hydroxyl groups excluding tert-OH is 1. The molecular formula is C34H59N5O4. The highest BCUT2D eigenvalue weighted by molar-refractivity contribution is 5.88. The van der Waals surface area contributed by atoms with Gasteiger partial charge in [-0.1, -0.05) is 72.3 Å². The zero-order valence-electron chi connectivity index (χ0n) is 27.9. The Morgan fingerprint density at radius 2 is 1.65 bits per heavy atom. The van der Waals surface area contributed by atoms with Crippen LogP contribution in [0.1, 0.15) is 112 Å². The SMILES string of the molecule is CC[C@H](C)[C@H](NC(=O)[C@@H](C[C@H](O)[C@H](CC1CCCCC1)NC(=O)[C@H](C)NC(C)(C)C)C(C)C)C(=O)NCc1ccccn1. The number of carbonyl (C=O) groups excluding carboxylic acids is 3. The number of nitrogens with one attached hydrogen (secondary N) is 4. The van der Waals surface area contributed by atoms with Crippen molar-refractivity contribution in [2.45, 2.75) is 143 Å². The third-order valence-corrected chi connectivity index (χ3v) is 8.75. The molecule has 6 atom stereocenters. The van der Waals surface area contributed by atoms with Gasteiger partial charge >= 0.3 is 0 Å². The van der Waals surface area contributed by atoms with Gasteiger partial charge in [0.2, 0.25) is 17.7 Å². The molecule has 1 fully saturated rings. The van der Waals surface area contributed by atoms with Crippen LogP contribution in [0.4, 0.5) is 0 Å². The van der Waals surface area contributed by atoms with Gasteiger partial charge in [-0.3, -0.25) is 19.4 Å². The number of nitrogens with zero attached hydrogens (tertiary/aromatic N) is 1. The summed E-state index contributed by atoms with van der Waals surface area (Å²) in [6.07, 6.45) is 8.13. The summed E-state index contributed by atoms with van der Waals surface area (Å²) >= 11 is 0. The van der Waals surface area contributed by atoms with Gasteiger partial charge < -0.3 is 26.4 Å². The molecule has 3 amide bonds. The van der Waals surface area contributed by atoms with Crippen LogP contribution in [-0.2, 0) is 20.9 Å². The smallest absolute Gasteiger partial charge is 0.243 e. The molecule has 9 heteroatoms. The van der Waals surface area contributed by atoms with Gasteiger partial charge in [0, 0.05) is 17.7 Å². The largest absolute Gasteiger partial charge is 0.391 e. The normalized spacial score (nSPS) is 18.7. The number of hydrogen-bond donors (Lipinski definition) is 5. The molecule has 0 unspecified atom stereocenters. The summed E-state index contributed by atoms with van der Waals surface area (Å²) < 4.78 is 0. The lowest BCUT2D eigenvalue weighted by molar-refractivity contribution is -0.134. The quantitative estimate of drug-likeness (QED) is 0.190. The number of amides is 3. The number of aliphatic hydroxyl groups is 1. The molecule has 1 aromatic rings. The zero-order valence-corrected chi connectivity index (χ0v) is 27.9. The van der Waals surface area contributed by atoms with E-state index in [1.807, 2.05) is 73.6 Å². The predicted molar refractivity (Wildman–Crippen MR) is 172 cm³/mol. The lowest BCUT2D eigenvalue weighted by atomic mass is 9.81. The second-order valence-electron chi connectivity index (χ2n) is 14.0. The Balaban J connectivity index is 2.15. The van der Waals surface area contributed by atoms with Crippen LogP contribution in [0.2, 0.25) is 0 Å². The van der Waals surface area contributed by atoms with Crippen molar-refractivity contribution in [3.8, 4) is 0 Å². The van der Waals surface area contributed by atoms with Gasteiger partial charge in [-0.25, -0.2) is 0 Å². The van der Waals surface area contributed by atoms with Gasteiger partial charge in [0.15, 0.2) is 0 Å². The number of hydrogen-bond acceptors (Lipinski definition) is 6. The number of aromatic nitrogens is 1. The maximum atomic E-state index is 13.7. The Kier molecular flexibility index (Phi) is 15.1. The Labute approximate surface area is 260 Å². The molecular weight excluding hydrogens is 542 g/mol. The Bertz CT molecular complexity index is 990. The number of rotatable bonds is 16. The topological polar surface area (TPSA) is 132 Å². The molecule has 0 spiro atoms. The van der Waals surface area contributed by atoms with Crippen LogP contribution in [0.5, 0.6) is 0 Å². The summed E-state index contributed by atoms with van der Waals surface area (Å²) in [5, 5.41) is 24.0. The molecule has 1 aromatic heterocycles. The average Bonchev–Trinajstić information content (AvgIpc) is 2.96. The third kappa shape index (κ3) is 12.9. The van der Waals surface area contributed by atoms with Gasteiger partial charge in [-0.15, -0.1) is 0 Å². The monoisotopic (exact) mass is 601 g/mol. The zero-order chi connectivity index (χ0) is 32.2. The number of carbonyl (C=O) groups is 3. The van der Waals surface area contributed by atoms with E-state index >= 15 is 0 Å². The van der Waals surface area contributed by atoms with Crippen molar-refractivity contribution >= 4 is 17.7 Å². The summed E-state index contributed by atoms with van der Waals surface area (Å²) in [4.78, 5) is 44.4. The Hall–Kier alpha value is -2.52. The fraction of sp³-hybridized carbons (Fsp3) is 0.765. The second kappa shape index (κ2) is 17.7. The van der Waals surface area contributed by atoms with Crippen LogP contribution in [-0.4, -0.2) is 57.6 Å². The molecule has 1 heterocycles. The first-order valence-electron chi connectivity index (χ1n) is 16.5. The second-order valence-corrected chi connectivity index (χ2v) is 14.0. The maximum absolute atomic E-state index is 13.7. The molecule has 1 saturated carbocycles. The fourth-order valence-electron chi connectivity index (χ4n) is 5.98. The summed E-state index contributed by atoms with van der Waals surface area (Å²) in [5.41, 5.74) is 0.511. The molecule has 43 heavy (non-hydrogen) atoms.